The van der Waals surface area contributed by atoms with Crippen molar-refractivity contribution in [1.82, 2.24) is 9.80 Å². The van der Waals surface area contributed by atoms with Gasteiger partial charge in [-0.25, -0.2) is 4.79 Å². The number of hydrogen-bond acceptors (Lipinski definition) is 3. The summed E-state index contributed by atoms with van der Waals surface area (Å²) >= 11 is 0. The second-order valence-corrected chi connectivity index (χ2v) is 5.54. The fourth-order valence-electron chi connectivity index (χ4n) is 1.65. The molecule has 0 aromatic heterocycles. The molecule has 0 bridgehead atoms. The second kappa shape index (κ2) is 6.58. The largest absolute Gasteiger partial charge is 0.481 e. The molecular formula is C10H18N2O4S. The normalized spacial score (nSPS) is 16.9. The summed E-state index contributed by atoms with van der Waals surface area (Å²) in [5.41, 5.74) is 0. The van der Waals surface area contributed by atoms with Crippen molar-refractivity contribution in [1.29, 1.82) is 0 Å². The van der Waals surface area contributed by atoms with Crippen LogP contribution >= 0.6 is 0 Å². The molecule has 98 valence electrons. The lowest BCUT2D eigenvalue weighted by molar-refractivity contribution is -0.137. The molecule has 0 aromatic rings. The van der Waals surface area contributed by atoms with Crippen LogP contribution in [0.1, 0.15) is 13.3 Å². The fourth-order valence-corrected chi connectivity index (χ4v) is 2.70. The average molecular weight is 262 g/mol. The smallest absolute Gasteiger partial charge is 0.320 e. The van der Waals surface area contributed by atoms with Crippen molar-refractivity contribution in [3.8, 4) is 0 Å². The number of carbonyl (C=O) groups is 2. The van der Waals surface area contributed by atoms with E-state index >= 15 is 0 Å². The van der Waals surface area contributed by atoms with E-state index in [0.29, 0.717) is 31.1 Å². The highest BCUT2D eigenvalue weighted by Crippen LogP contribution is 2.05. The zero-order valence-electron chi connectivity index (χ0n) is 9.92. The topological polar surface area (TPSA) is 77.9 Å². The van der Waals surface area contributed by atoms with Gasteiger partial charge in [0.15, 0.2) is 0 Å². The van der Waals surface area contributed by atoms with Crippen LogP contribution in [0, 0.1) is 0 Å². The summed E-state index contributed by atoms with van der Waals surface area (Å²) in [5, 5.41) is 8.59. The Hall–Kier alpha value is -1.11. The predicted molar refractivity (Wildman–Crippen MR) is 64.3 cm³/mol. The summed E-state index contributed by atoms with van der Waals surface area (Å²) in [6.07, 6.45) is -0.0423. The van der Waals surface area contributed by atoms with Crippen molar-refractivity contribution in [3.05, 3.63) is 0 Å². The lowest BCUT2D eigenvalue weighted by Gasteiger charge is -2.31. The van der Waals surface area contributed by atoms with Gasteiger partial charge in [-0.15, -0.1) is 0 Å². The monoisotopic (exact) mass is 262 g/mol. The molecule has 0 unspecified atom stereocenters. The lowest BCUT2D eigenvalue weighted by Crippen LogP contribution is -2.49. The molecule has 0 spiro atoms. The molecule has 1 aliphatic rings. The average Bonchev–Trinajstić information content (AvgIpc) is 2.30. The molecule has 0 aromatic carbocycles. The van der Waals surface area contributed by atoms with E-state index in [9.17, 15) is 13.8 Å². The van der Waals surface area contributed by atoms with Crippen molar-refractivity contribution < 1.29 is 18.9 Å². The predicted octanol–water partition coefficient (Wildman–Crippen LogP) is -0.0327. The molecule has 1 heterocycles. The Bertz CT molecular complexity index is 311. The zero-order valence-corrected chi connectivity index (χ0v) is 10.7. The first-order valence-electron chi connectivity index (χ1n) is 5.65. The van der Waals surface area contributed by atoms with Gasteiger partial charge in [0.1, 0.15) is 0 Å². The lowest BCUT2D eigenvalue weighted by atomic mass is 10.4. The van der Waals surface area contributed by atoms with E-state index < -0.39 is 16.8 Å². The minimum atomic E-state index is -0.906. The van der Waals surface area contributed by atoms with E-state index in [-0.39, 0.29) is 19.0 Å². The first kappa shape index (κ1) is 14.0. The zero-order chi connectivity index (χ0) is 12.8. The van der Waals surface area contributed by atoms with Crippen LogP contribution in [-0.2, 0) is 15.6 Å². The van der Waals surface area contributed by atoms with Gasteiger partial charge in [-0.3, -0.25) is 9.00 Å². The highest BCUT2D eigenvalue weighted by atomic mass is 32.2. The van der Waals surface area contributed by atoms with Gasteiger partial charge in [-0.05, 0) is 6.92 Å². The Balaban J connectivity index is 2.47. The third-order valence-corrected chi connectivity index (χ3v) is 3.97. The summed E-state index contributed by atoms with van der Waals surface area (Å²) < 4.78 is 11.2. The van der Waals surface area contributed by atoms with Crippen LogP contribution in [0.5, 0.6) is 0 Å². The number of urea groups is 1. The molecule has 0 radical (unpaired) electrons. The summed E-state index contributed by atoms with van der Waals surface area (Å²) in [5.74, 6) is 0.126. The van der Waals surface area contributed by atoms with E-state index in [1.165, 1.54) is 4.90 Å². The van der Waals surface area contributed by atoms with Gasteiger partial charge in [0.25, 0.3) is 0 Å². The van der Waals surface area contributed by atoms with Crippen LogP contribution in [0.25, 0.3) is 0 Å². The van der Waals surface area contributed by atoms with Gasteiger partial charge < -0.3 is 14.9 Å². The Morgan fingerprint density at radius 2 is 1.94 bits per heavy atom. The third-order valence-electron chi connectivity index (χ3n) is 2.70. The van der Waals surface area contributed by atoms with Crippen molar-refractivity contribution in [2.45, 2.75) is 13.3 Å². The van der Waals surface area contributed by atoms with Crippen LogP contribution in [-0.4, -0.2) is 68.8 Å². The molecule has 1 rings (SSSR count). The molecule has 1 aliphatic heterocycles. The van der Waals surface area contributed by atoms with E-state index in [1.807, 2.05) is 6.92 Å². The van der Waals surface area contributed by atoms with Gasteiger partial charge in [-0.2, -0.15) is 0 Å². The molecule has 1 fully saturated rings. The number of carboxylic acid groups (broad SMARTS) is 1. The van der Waals surface area contributed by atoms with E-state index in [4.69, 9.17) is 5.11 Å². The Kier molecular flexibility index (Phi) is 5.40. The standard InChI is InChI=1S/C10H18N2O4S/c1-2-11(4-3-9(13)14)10(15)12-5-7-17(16)8-6-12/h2-8H2,1H3,(H,13,14). The van der Waals surface area contributed by atoms with E-state index in [1.54, 1.807) is 4.90 Å². The van der Waals surface area contributed by atoms with Crippen LogP contribution in [0.2, 0.25) is 0 Å². The first-order valence-corrected chi connectivity index (χ1v) is 7.14. The van der Waals surface area contributed by atoms with E-state index in [0.717, 1.165) is 0 Å². The van der Waals surface area contributed by atoms with Gasteiger partial charge in [0.05, 0.1) is 6.42 Å². The highest BCUT2D eigenvalue weighted by molar-refractivity contribution is 7.85. The summed E-state index contributed by atoms with van der Waals surface area (Å²) in [6.45, 7) is 3.53. The van der Waals surface area contributed by atoms with Gasteiger partial charge in [0, 0.05) is 48.5 Å². The van der Waals surface area contributed by atoms with Gasteiger partial charge >= 0.3 is 12.0 Å². The molecule has 1 N–H and O–H groups in total. The maximum absolute atomic E-state index is 12.0. The number of rotatable bonds is 4. The summed E-state index contributed by atoms with van der Waals surface area (Å²) in [4.78, 5) is 25.6. The number of hydrogen-bond donors (Lipinski definition) is 1. The summed E-state index contributed by atoms with van der Waals surface area (Å²) in [6, 6.07) is -0.148. The molecule has 0 atom stereocenters. The Morgan fingerprint density at radius 3 is 2.41 bits per heavy atom. The SMILES string of the molecule is CCN(CCC(=O)O)C(=O)N1CCS(=O)CC1. The molecule has 0 aliphatic carbocycles. The minimum absolute atomic E-state index is 0.0423. The third kappa shape index (κ3) is 4.33. The van der Waals surface area contributed by atoms with Crippen molar-refractivity contribution >= 4 is 22.8 Å². The number of nitrogens with zero attached hydrogens (tertiary/aromatic N) is 2. The molecule has 17 heavy (non-hydrogen) atoms. The van der Waals surface area contributed by atoms with Crippen LogP contribution < -0.4 is 0 Å². The van der Waals surface area contributed by atoms with Crippen LogP contribution in [0.15, 0.2) is 0 Å². The molecule has 1 saturated heterocycles. The second-order valence-electron chi connectivity index (χ2n) is 3.84. The highest BCUT2D eigenvalue weighted by Gasteiger charge is 2.23. The Labute approximate surface area is 103 Å². The van der Waals surface area contributed by atoms with Crippen molar-refractivity contribution in [3.63, 3.8) is 0 Å². The minimum Gasteiger partial charge on any atom is -0.481 e. The molecule has 7 heteroatoms. The van der Waals surface area contributed by atoms with Crippen molar-refractivity contribution in [2.75, 3.05) is 37.7 Å². The maximum Gasteiger partial charge on any atom is 0.320 e. The number of aliphatic carboxylic acids is 1. The van der Waals surface area contributed by atoms with Crippen LogP contribution in [0.4, 0.5) is 4.79 Å². The Morgan fingerprint density at radius 1 is 1.35 bits per heavy atom. The number of carboxylic acids is 1. The number of amides is 2. The van der Waals surface area contributed by atoms with Crippen LogP contribution in [0.3, 0.4) is 0 Å². The first-order chi connectivity index (χ1) is 8.04. The number of carbonyl (C=O) groups excluding carboxylic acids is 1. The van der Waals surface area contributed by atoms with Gasteiger partial charge in [-0.1, -0.05) is 0 Å². The van der Waals surface area contributed by atoms with E-state index in [2.05, 4.69) is 0 Å². The quantitative estimate of drug-likeness (QED) is 0.771. The molecule has 6 nitrogen and oxygen atoms in total. The molecule has 0 saturated carbocycles. The van der Waals surface area contributed by atoms with Gasteiger partial charge in [0.2, 0.25) is 0 Å². The maximum atomic E-state index is 12.0. The molecular weight excluding hydrogens is 244 g/mol. The fraction of sp³-hybridized carbons (Fsp3) is 0.800. The molecule has 2 amide bonds. The summed E-state index contributed by atoms with van der Waals surface area (Å²) in [7, 11) is -0.810. The van der Waals surface area contributed by atoms with Crippen molar-refractivity contribution in [2.24, 2.45) is 0 Å².